The van der Waals surface area contributed by atoms with E-state index in [4.69, 9.17) is 20.5 Å². The van der Waals surface area contributed by atoms with Gasteiger partial charge in [-0.05, 0) is 44.9 Å². The van der Waals surface area contributed by atoms with Gasteiger partial charge < -0.3 is 20.5 Å². The van der Waals surface area contributed by atoms with Crippen LogP contribution in [0.5, 0.6) is 0 Å². The molecule has 4 aliphatic rings. The third-order valence-electron chi connectivity index (χ3n) is 7.74. The Morgan fingerprint density at radius 1 is 0.897 bits per heavy atom. The number of hydrogen-bond acceptors (Lipinski definition) is 6. The lowest BCUT2D eigenvalue weighted by atomic mass is 9.49. The lowest BCUT2D eigenvalue weighted by molar-refractivity contribution is -0.171. The molecule has 6 rings (SSSR count). The highest BCUT2D eigenvalue weighted by atomic mass is 19.3. The summed E-state index contributed by atoms with van der Waals surface area (Å²) in [7, 11) is 0. The molecule has 4 saturated carbocycles. The standard InChI is InChI=1S/C20H25F3N4O2/c21-19-5-3-18(4-6-19,15-9-17(25)29-27-15)10-13(19)12-7-11(1-2-20(12,22)23)14-8-16(24)28-26-14/h8-9,11-13H,1-7,10,24-25H2. The van der Waals surface area contributed by atoms with E-state index in [1.165, 1.54) is 0 Å². The molecule has 0 spiro atoms. The van der Waals surface area contributed by atoms with Gasteiger partial charge in [-0.25, -0.2) is 13.2 Å². The minimum absolute atomic E-state index is 0.162. The topological polar surface area (TPSA) is 104 Å². The van der Waals surface area contributed by atoms with E-state index >= 15 is 13.2 Å². The summed E-state index contributed by atoms with van der Waals surface area (Å²) in [5, 5.41) is 7.99. The molecular formula is C20H25F3N4O2. The van der Waals surface area contributed by atoms with Crippen molar-refractivity contribution in [1.82, 2.24) is 10.3 Å². The smallest absolute Gasteiger partial charge is 0.251 e. The van der Waals surface area contributed by atoms with Gasteiger partial charge in [0.25, 0.3) is 5.92 Å². The molecule has 9 heteroatoms. The van der Waals surface area contributed by atoms with Crippen LogP contribution in [0, 0.1) is 11.8 Å². The zero-order valence-corrected chi connectivity index (χ0v) is 16.0. The molecule has 0 aliphatic heterocycles. The average Bonchev–Trinajstić information content (AvgIpc) is 3.31. The van der Waals surface area contributed by atoms with Crippen LogP contribution in [0.2, 0.25) is 0 Å². The lowest BCUT2D eigenvalue weighted by Crippen LogP contribution is -2.57. The predicted octanol–water partition coefficient (Wildman–Crippen LogP) is 4.59. The molecule has 0 radical (unpaired) electrons. The number of aromatic nitrogens is 2. The van der Waals surface area contributed by atoms with Gasteiger partial charge in [0.1, 0.15) is 5.67 Å². The Morgan fingerprint density at radius 3 is 2.21 bits per heavy atom. The number of nitrogen functional groups attached to an aromatic ring is 2. The van der Waals surface area contributed by atoms with Gasteiger partial charge in [0, 0.05) is 41.7 Å². The van der Waals surface area contributed by atoms with Crippen molar-refractivity contribution in [1.29, 1.82) is 0 Å². The van der Waals surface area contributed by atoms with Crippen LogP contribution in [0.25, 0.3) is 0 Å². The predicted molar refractivity (Wildman–Crippen MR) is 99.0 cm³/mol. The minimum atomic E-state index is -2.92. The minimum Gasteiger partial charge on any atom is -0.368 e. The van der Waals surface area contributed by atoms with Gasteiger partial charge in [0.15, 0.2) is 0 Å². The summed E-state index contributed by atoms with van der Waals surface area (Å²) in [4.78, 5) is 0. The Hall–Kier alpha value is -2.19. The Labute approximate surface area is 166 Å². The summed E-state index contributed by atoms with van der Waals surface area (Å²) in [6.07, 6.45) is 2.19. The number of hydrogen-bond donors (Lipinski definition) is 2. The van der Waals surface area contributed by atoms with Gasteiger partial charge in [-0.2, -0.15) is 0 Å². The largest absolute Gasteiger partial charge is 0.368 e. The third kappa shape index (κ3) is 2.92. The van der Waals surface area contributed by atoms with Crippen molar-refractivity contribution in [3.63, 3.8) is 0 Å². The number of nitrogens with two attached hydrogens (primary N) is 2. The maximum Gasteiger partial charge on any atom is 0.251 e. The molecule has 0 aromatic carbocycles. The van der Waals surface area contributed by atoms with E-state index < -0.39 is 28.8 Å². The van der Waals surface area contributed by atoms with E-state index in [9.17, 15) is 0 Å². The summed E-state index contributed by atoms with van der Waals surface area (Å²) < 4.78 is 56.0. The number of fused-ring (bicyclic) bond motifs is 3. The number of nitrogens with zero attached hydrogens (tertiary/aromatic N) is 2. The number of anilines is 2. The molecule has 2 bridgehead atoms. The molecule has 3 atom stereocenters. The van der Waals surface area contributed by atoms with Gasteiger partial charge in [-0.1, -0.05) is 10.3 Å². The van der Waals surface area contributed by atoms with Crippen LogP contribution in [0.1, 0.15) is 68.7 Å². The van der Waals surface area contributed by atoms with Crippen molar-refractivity contribution in [3.05, 3.63) is 23.5 Å². The van der Waals surface area contributed by atoms with E-state index in [0.29, 0.717) is 30.7 Å². The molecule has 29 heavy (non-hydrogen) atoms. The van der Waals surface area contributed by atoms with Crippen LogP contribution in [0.4, 0.5) is 24.9 Å². The fourth-order valence-electron chi connectivity index (χ4n) is 6.10. The average molecular weight is 410 g/mol. The van der Waals surface area contributed by atoms with Gasteiger partial charge in [0.05, 0.1) is 11.4 Å². The second-order valence-corrected chi connectivity index (χ2v) is 9.23. The lowest BCUT2D eigenvalue weighted by Gasteiger charge is -2.57. The Balaban J connectivity index is 1.47. The zero-order chi connectivity index (χ0) is 20.4. The fourth-order valence-corrected chi connectivity index (χ4v) is 6.10. The number of rotatable bonds is 3. The van der Waals surface area contributed by atoms with Gasteiger partial charge >= 0.3 is 0 Å². The SMILES string of the molecule is Nc1cc(C2CCC(F)(F)C(C3CC4(c5cc(N)on5)CCC3(F)CC4)C2)no1. The first-order chi connectivity index (χ1) is 13.7. The van der Waals surface area contributed by atoms with Gasteiger partial charge in [0.2, 0.25) is 11.8 Å². The van der Waals surface area contributed by atoms with Gasteiger partial charge in [-0.15, -0.1) is 0 Å². The highest BCUT2D eigenvalue weighted by molar-refractivity contribution is 5.32. The summed E-state index contributed by atoms with van der Waals surface area (Å²) in [5.41, 5.74) is 10.5. The van der Waals surface area contributed by atoms with E-state index in [0.717, 1.165) is 0 Å². The van der Waals surface area contributed by atoms with Crippen LogP contribution in [0.15, 0.2) is 21.2 Å². The maximum absolute atomic E-state index is 15.9. The van der Waals surface area contributed by atoms with Gasteiger partial charge in [-0.3, -0.25) is 0 Å². The zero-order valence-electron chi connectivity index (χ0n) is 16.0. The molecule has 3 unspecified atom stereocenters. The molecule has 4 N–H and O–H groups in total. The van der Waals surface area contributed by atoms with Crippen LogP contribution in [-0.4, -0.2) is 21.9 Å². The first kappa shape index (κ1) is 18.8. The molecule has 158 valence electrons. The number of halogens is 3. The van der Waals surface area contributed by atoms with Crippen molar-refractivity contribution in [2.75, 3.05) is 11.5 Å². The fraction of sp³-hybridized carbons (Fsp3) is 0.700. The van der Waals surface area contributed by atoms with Crippen LogP contribution < -0.4 is 11.5 Å². The molecule has 4 fully saturated rings. The first-order valence-corrected chi connectivity index (χ1v) is 10.2. The van der Waals surface area contributed by atoms with Crippen molar-refractivity contribution in [3.8, 4) is 0 Å². The quantitative estimate of drug-likeness (QED) is 0.767. The Bertz CT molecular complexity index is 903. The maximum atomic E-state index is 15.9. The van der Waals surface area contributed by atoms with Crippen molar-refractivity contribution in [2.24, 2.45) is 11.8 Å². The van der Waals surface area contributed by atoms with Crippen molar-refractivity contribution >= 4 is 11.8 Å². The third-order valence-corrected chi connectivity index (χ3v) is 7.74. The van der Waals surface area contributed by atoms with E-state index in [-0.39, 0.29) is 49.8 Å². The first-order valence-electron chi connectivity index (χ1n) is 10.2. The van der Waals surface area contributed by atoms with Crippen molar-refractivity contribution in [2.45, 2.75) is 74.3 Å². The van der Waals surface area contributed by atoms with Crippen LogP contribution in [0.3, 0.4) is 0 Å². The summed E-state index contributed by atoms with van der Waals surface area (Å²) in [5.74, 6) is -4.58. The van der Waals surface area contributed by atoms with Crippen molar-refractivity contribution < 1.29 is 22.2 Å². The number of alkyl halides is 3. The second kappa shape index (κ2) is 6.15. The molecular weight excluding hydrogens is 385 g/mol. The summed E-state index contributed by atoms with van der Waals surface area (Å²) in [6.45, 7) is 0. The Kier molecular flexibility index (Phi) is 3.99. The molecule has 0 amide bonds. The molecule has 6 nitrogen and oxygen atoms in total. The highest BCUT2D eigenvalue weighted by Gasteiger charge is 2.63. The molecule has 2 heterocycles. The Morgan fingerprint density at radius 2 is 1.59 bits per heavy atom. The van der Waals surface area contributed by atoms with Crippen LogP contribution in [-0.2, 0) is 5.41 Å². The highest BCUT2D eigenvalue weighted by Crippen LogP contribution is 2.63. The summed E-state index contributed by atoms with van der Waals surface area (Å²) >= 11 is 0. The molecule has 2 aromatic rings. The molecule has 2 aromatic heterocycles. The molecule has 0 saturated heterocycles. The second-order valence-electron chi connectivity index (χ2n) is 9.23. The summed E-state index contributed by atoms with van der Waals surface area (Å²) in [6, 6.07) is 3.25. The normalized spacial score (nSPS) is 38.9. The van der Waals surface area contributed by atoms with Crippen LogP contribution >= 0.6 is 0 Å². The molecule has 4 aliphatic carbocycles. The monoisotopic (exact) mass is 410 g/mol. The van der Waals surface area contributed by atoms with E-state index in [1.54, 1.807) is 12.1 Å². The van der Waals surface area contributed by atoms with E-state index in [1.807, 2.05) is 0 Å². The van der Waals surface area contributed by atoms with E-state index in [2.05, 4.69) is 10.3 Å².